The number of hydrogen-bond donors (Lipinski definition) is 0. The molecule has 0 N–H and O–H groups in total. The normalized spacial score (nSPS) is 19.7. The van der Waals surface area contributed by atoms with Gasteiger partial charge in [-0.1, -0.05) is 53.2 Å². The molecule has 0 aliphatic carbocycles. The van der Waals surface area contributed by atoms with Crippen molar-refractivity contribution in [1.82, 2.24) is 4.90 Å². The van der Waals surface area contributed by atoms with Crippen molar-refractivity contribution in [3.63, 3.8) is 0 Å². The lowest BCUT2D eigenvalue weighted by Crippen LogP contribution is -2.47. The maximum atomic E-state index is 12.9. The summed E-state index contributed by atoms with van der Waals surface area (Å²) in [6, 6.07) is 18.1. The monoisotopic (exact) mass is 395 g/mol. The molecule has 136 valence electrons. The molecule has 0 bridgehead atoms. The van der Waals surface area contributed by atoms with Crippen LogP contribution in [0.2, 0.25) is 5.02 Å². The fourth-order valence-electron chi connectivity index (χ4n) is 3.46. The Morgan fingerprint density at radius 2 is 1.85 bits per heavy atom. The molecule has 0 spiro atoms. The number of fused-ring (bicyclic) bond motifs is 1. The summed E-state index contributed by atoms with van der Waals surface area (Å²) >= 11 is 7.54. The molecule has 1 fully saturated rings. The van der Waals surface area contributed by atoms with Crippen molar-refractivity contribution in [3.8, 4) is 6.07 Å². The highest BCUT2D eigenvalue weighted by Gasteiger charge is 2.38. The van der Waals surface area contributed by atoms with E-state index in [9.17, 15) is 10.1 Å². The van der Waals surface area contributed by atoms with Crippen molar-refractivity contribution in [2.24, 2.45) is 0 Å². The van der Waals surface area contributed by atoms with Gasteiger partial charge in [-0.15, -0.1) is 0 Å². The predicted octanol–water partition coefficient (Wildman–Crippen LogP) is 4.87. The average Bonchev–Trinajstić information content (AvgIpc) is 2.69. The number of nitriles is 1. The molecule has 2 aliphatic rings. The van der Waals surface area contributed by atoms with Crippen molar-refractivity contribution >= 4 is 35.0 Å². The SMILES string of the molecule is Cc1ccc(N2CSC3=C(C#N)[C@@H](c4ccc(Cl)cc4)CC(=O)N3C2)cc1. The van der Waals surface area contributed by atoms with E-state index in [1.165, 1.54) is 5.56 Å². The van der Waals surface area contributed by atoms with Crippen LogP contribution in [0, 0.1) is 18.3 Å². The lowest BCUT2D eigenvalue weighted by molar-refractivity contribution is -0.129. The molecule has 0 radical (unpaired) electrons. The molecule has 0 saturated carbocycles. The molecule has 1 amide bonds. The molecule has 2 heterocycles. The molecule has 6 heteroatoms. The number of thioether (sulfide) groups is 1. The van der Waals surface area contributed by atoms with Gasteiger partial charge in [0.15, 0.2) is 0 Å². The maximum Gasteiger partial charge on any atom is 0.229 e. The Bertz CT molecular complexity index is 947. The second kappa shape index (κ2) is 7.30. The molecule has 4 rings (SSSR count). The number of allylic oxidation sites excluding steroid dienone is 1. The van der Waals surface area contributed by atoms with Crippen LogP contribution >= 0.6 is 23.4 Å². The van der Waals surface area contributed by atoms with Gasteiger partial charge < -0.3 is 4.90 Å². The van der Waals surface area contributed by atoms with Gasteiger partial charge in [-0.05, 0) is 36.8 Å². The van der Waals surface area contributed by atoms with Gasteiger partial charge in [-0.2, -0.15) is 5.26 Å². The minimum absolute atomic E-state index is 0.0493. The first-order valence-electron chi connectivity index (χ1n) is 8.71. The van der Waals surface area contributed by atoms with Crippen LogP contribution in [0.25, 0.3) is 0 Å². The molecule has 1 atom stereocenters. The van der Waals surface area contributed by atoms with Crippen molar-refractivity contribution in [3.05, 3.63) is 75.3 Å². The zero-order valence-electron chi connectivity index (χ0n) is 14.9. The molecule has 0 aromatic heterocycles. The van der Waals surface area contributed by atoms with E-state index in [0.29, 0.717) is 29.6 Å². The van der Waals surface area contributed by atoms with Gasteiger partial charge in [0.25, 0.3) is 0 Å². The quantitative estimate of drug-likeness (QED) is 0.727. The van der Waals surface area contributed by atoms with Gasteiger partial charge in [0, 0.05) is 23.0 Å². The predicted molar refractivity (Wildman–Crippen MR) is 109 cm³/mol. The third kappa shape index (κ3) is 3.43. The molecule has 2 aromatic rings. The average molecular weight is 396 g/mol. The van der Waals surface area contributed by atoms with Gasteiger partial charge >= 0.3 is 0 Å². The van der Waals surface area contributed by atoms with E-state index in [2.05, 4.69) is 42.2 Å². The zero-order chi connectivity index (χ0) is 19.0. The number of aryl methyl sites for hydroxylation is 1. The summed E-state index contributed by atoms with van der Waals surface area (Å²) in [4.78, 5) is 16.8. The molecule has 4 nitrogen and oxygen atoms in total. The molecule has 2 aromatic carbocycles. The number of hydrogen-bond acceptors (Lipinski definition) is 4. The van der Waals surface area contributed by atoms with Gasteiger partial charge in [0.2, 0.25) is 5.91 Å². The van der Waals surface area contributed by atoms with Crippen LogP contribution in [0.15, 0.2) is 59.1 Å². The number of nitrogens with zero attached hydrogens (tertiary/aromatic N) is 3. The van der Waals surface area contributed by atoms with Crippen LogP contribution in [0.3, 0.4) is 0 Å². The highest BCUT2D eigenvalue weighted by molar-refractivity contribution is 8.03. The summed E-state index contributed by atoms with van der Waals surface area (Å²) in [5.74, 6) is 0.554. The molecule has 2 aliphatic heterocycles. The van der Waals surface area contributed by atoms with Gasteiger partial charge in [-0.3, -0.25) is 9.69 Å². The Kier molecular flexibility index (Phi) is 4.86. The summed E-state index contributed by atoms with van der Waals surface area (Å²) in [7, 11) is 0. The number of anilines is 1. The second-order valence-corrected chi connectivity index (χ2v) is 8.12. The van der Waals surface area contributed by atoms with Crippen molar-refractivity contribution < 1.29 is 4.79 Å². The van der Waals surface area contributed by atoms with Crippen LogP contribution in [0.5, 0.6) is 0 Å². The summed E-state index contributed by atoms with van der Waals surface area (Å²) in [6.45, 7) is 2.53. The Labute approximate surface area is 168 Å². The number of carbonyl (C=O) groups excluding carboxylic acids is 1. The molecular formula is C21H18ClN3OS. The van der Waals surface area contributed by atoms with Gasteiger partial charge in [-0.25, -0.2) is 0 Å². The van der Waals surface area contributed by atoms with E-state index in [0.717, 1.165) is 16.3 Å². The number of halogens is 1. The molecule has 1 saturated heterocycles. The Hall–Kier alpha value is -2.42. The third-order valence-electron chi connectivity index (χ3n) is 4.97. The first kappa shape index (κ1) is 18.0. The minimum atomic E-state index is -0.204. The Balaban J connectivity index is 1.65. The Morgan fingerprint density at radius 3 is 2.52 bits per heavy atom. The summed E-state index contributed by atoms with van der Waals surface area (Å²) in [6.07, 6.45) is 0.302. The highest BCUT2D eigenvalue weighted by atomic mass is 35.5. The van der Waals surface area contributed by atoms with Gasteiger partial charge in [0.1, 0.15) is 0 Å². The molecule has 27 heavy (non-hydrogen) atoms. The fourth-order valence-corrected chi connectivity index (χ4v) is 4.75. The van der Waals surface area contributed by atoms with E-state index in [-0.39, 0.29) is 11.8 Å². The molecule has 0 unspecified atom stereocenters. The van der Waals surface area contributed by atoms with Crippen LogP contribution in [-0.4, -0.2) is 23.4 Å². The van der Waals surface area contributed by atoms with E-state index in [1.54, 1.807) is 28.8 Å². The maximum absolute atomic E-state index is 12.9. The standard InChI is InChI=1S/C21H18ClN3OS/c1-14-2-8-17(9-3-14)24-12-25-20(26)10-18(15-4-6-16(22)7-5-15)19(11-23)21(25)27-13-24/h2-9,18H,10,12-13H2,1H3/t18-/m1/s1. The fraction of sp³-hybridized carbons (Fsp3) is 0.238. The van der Waals surface area contributed by atoms with E-state index >= 15 is 0 Å². The minimum Gasteiger partial charge on any atom is -0.344 e. The van der Waals surface area contributed by atoms with Crippen molar-refractivity contribution in [2.45, 2.75) is 19.3 Å². The van der Waals surface area contributed by atoms with Crippen LogP contribution in [0.1, 0.15) is 23.5 Å². The Morgan fingerprint density at radius 1 is 1.15 bits per heavy atom. The summed E-state index contributed by atoms with van der Waals surface area (Å²) in [5, 5.41) is 11.3. The first-order valence-corrected chi connectivity index (χ1v) is 10.1. The van der Waals surface area contributed by atoms with Crippen LogP contribution < -0.4 is 4.90 Å². The van der Waals surface area contributed by atoms with Crippen LogP contribution in [-0.2, 0) is 4.79 Å². The van der Waals surface area contributed by atoms with Gasteiger partial charge in [0.05, 0.1) is 29.2 Å². The lowest BCUT2D eigenvalue weighted by atomic mass is 9.86. The smallest absolute Gasteiger partial charge is 0.229 e. The summed E-state index contributed by atoms with van der Waals surface area (Å²) < 4.78 is 0. The van der Waals surface area contributed by atoms with Crippen LogP contribution in [0.4, 0.5) is 5.69 Å². The first-order chi connectivity index (χ1) is 13.1. The second-order valence-electron chi connectivity index (χ2n) is 6.75. The highest BCUT2D eigenvalue weighted by Crippen LogP contribution is 2.43. The molecular weight excluding hydrogens is 378 g/mol. The number of amides is 1. The zero-order valence-corrected chi connectivity index (χ0v) is 16.4. The topological polar surface area (TPSA) is 47.3 Å². The summed E-state index contributed by atoms with van der Waals surface area (Å²) in [5.41, 5.74) is 3.91. The van der Waals surface area contributed by atoms with E-state index in [1.807, 2.05) is 12.1 Å². The van der Waals surface area contributed by atoms with E-state index in [4.69, 9.17) is 11.6 Å². The largest absolute Gasteiger partial charge is 0.344 e. The van der Waals surface area contributed by atoms with Crippen molar-refractivity contribution in [2.75, 3.05) is 17.4 Å². The number of rotatable bonds is 2. The van der Waals surface area contributed by atoms with Crippen molar-refractivity contribution in [1.29, 1.82) is 5.26 Å². The lowest BCUT2D eigenvalue weighted by Gasteiger charge is -2.42. The number of carbonyl (C=O) groups is 1. The third-order valence-corrected chi connectivity index (χ3v) is 6.37. The van der Waals surface area contributed by atoms with E-state index < -0.39 is 0 Å². The number of benzene rings is 2.